The predicted molar refractivity (Wildman–Crippen MR) is 81.7 cm³/mol. The summed E-state index contributed by atoms with van der Waals surface area (Å²) in [6, 6.07) is 7.30. The fourth-order valence-corrected chi connectivity index (χ4v) is 2.58. The van der Waals surface area contributed by atoms with Crippen LogP contribution in [0.1, 0.15) is 24.1 Å². The molecule has 1 fully saturated rings. The van der Waals surface area contributed by atoms with Gasteiger partial charge < -0.3 is 19.7 Å². The Hall–Kier alpha value is -1.96. The van der Waals surface area contributed by atoms with Gasteiger partial charge >= 0.3 is 0 Å². The Morgan fingerprint density at radius 2 is 2.30 bits per heavy atom. The van der Waals surface area contributed by atoms with E-state index in [2.05, 4.69) is 10.3 Å². The second-order valence-electron chi connectivity index (χ2n) is 5.70. The molecule has 124 valence electrons. The molecule has 2 unspecified atom stereocenters. The van der Waals surface area contributed by atoms with Crippen LogP contribution in [0.15, 0.2) is 30.5 Å². The minimum atomic E-state index is -0.293. The molecular formula is C16H21N3O4. The van der Waals surface area contributed by atoms with Gasteiger partial charge in [-0.1, -0.05) is 17.3 Å². The summed E-state index contributed by atoms with van der Waals surface area (Å²) >= 11 is 0. The summed E-state index contributed by atoms with van der Waals surface area (Å²) in [6.45, 7) is 1.45. The summed E-state index contributed by atoms with van der Waals surface area (Å²) in [5, 5.41) is 26.9. The highest BCUT2D eigenvalue weighted by atomic mass is 16.5. The van der Waals surface area contributed by atoms with Gasteiger partial charge in [-0.25, -0.2) is 4.68 Å². The van der Waals surface area contributed by atoms with E-state index >= 15 is 0 Å². The molecule has 2 atom stereocenters. The number of hydrogen-bond acceptors (Lipinski definition) is 6. The Balaban J connectivity index is 1.52. The Morgan fingerprint density at radius 1 is 1.39 bits per heavy atom. The standard InChI is InChI=1S/C16H21N3O4/c20-10-12-2-1-3-15(6-12)23-11-13-8-19(18-17-13)9-16-7-14(21)4-5-22-16/h1-3,6,8,14,16,20-21H,4-5,7,9-11H2. The van der Waals surface area contributed by atoms with Crippen LogP contribution in [0, 0.1) is 0 Å². The smallest absolute Gasteiger partial charge is 0.134 e. The number of aliphatic hydroxyl groups is 2. The van der Waals surface area contributed by atoms with Crippen LogP contribution >= 0.6 is 0 Å². The zero-order chi connectivity index (χ0) is 16.1. The van der Waals surface area contributed by atoms with Crippen molar-refractivity contribution in [3.8, 4) is 5.75 Å². The quantitative estimate of drug-likeness (QED) is 0.822. The van der Waals surface area contributed by atoms with Crippen molar-refractivity contribution in [2.75, 3.05) is 6.61 Å². The van der Waals surface area contributed by atoms with E-state index in [1.54, 1.807) is 10.7 Å². The molecule has 0 bridgehead atoms. The Morgan fingerprint density at radius 3 is 3.13 bits per heavy atom. The predicted octanol–water partition coefficient (Wildman–Crippen LogP) is 0.889. The lowest BCUT2D eigenvalue weighted by Crippen LogP contribution is -2.32. The van der Waals surface area contributed by atoms with Crippen molar-refractivity contribution in [1.29, 1.82) is 0 Å². The molecule has 0 saturated carbocycles. The Labute approximate surface area is 134 Å². The number of ether oxygens (including phenoxy) is 2. The maximum atomic E-state index is 9.65. The van der Waals surface area contributed by atoms with Crippen LogP contribution in [0.3, 0.4) is 0 Å². The minimum absolute atomic E-state index is 0.0133. The van der Waals surface area contributed by atoms with Crippen LogP contribution < -0.4 is 4.74 Å². The zero-order valence-electron chi connectivity index (χ0n) is 12.8. The second-order valence-corrected chi connectivity index (χ2v) is 5.70. The molecule has 1 aliphatic rings. The van der Waals surface area contributed by atoms with E-state index in [0.29, 0.717) is 38.3 Å². The van der Waals surface area contributed by atoms with Crippen LogP contribution in [0.4, 0.5) is 0 Å². The molecule has 7 nitrogen and oxygen atoms in total. The number of benzene rings is 1. The van der Waals surface area contributed by atoms with Crippen LogP contribution in [-0.4, -0.2) is 44.0 Å². The molecule has 0 amide bonds. The average Bonchev–Trinajstić information content (AvgIpc) is 3.00. The molecule has 2 heterocycles. The van der Waals surface area contributed by atoms with E-state index in [-0.39, 0.29) is 18.8 Å². The third-order valence-electron chi connectivity index (χ3n) is 3.78. The lowest BCUT2D eigenvalue weighted by atomic mass is 10.1. The van der Waals surface area contributed by atoms with Gasteiger partial charge in [0.05, 0.1) is 31.6 Å². The molecule has 1 saturated heterocycles. The molecule has 0 aliphatic carbocycles. The first-order valence-electron chi connectivity index (χ1n) is 7.74. The fourth-order valence-electron chi connectivity index (χ4n) is 2.58. The van der Waals surface area contributed by atoms with Gasteiger partial charge in [-0.05, 0) is 24.1 Å². The first kappa shape index (κ1) is 15.9. The molecule has 0 radical (unpaired) electrons. The van der Waals surface area contributed by atoms with Crippen LogP contribution in [0.5, 0.6) is 5.75 Å². The summed E-state index contributed by atoms with van der Waals surface area (Å²) in [6.07, 6.45) is 2.81. The third kappa shape index (κ3) is 4.51. The highest BCUT2D eigenvalue weighted by Crippen LogP contribution is 2.16. The monoisotopic (exact) mass is 319 g/mol. The summed E-state index contributed by atoms with van der Waals surface area (Å²) in [7, 11) is 0. The van der Waals surface area contributed by atoms with Crippen molar-refractivity contribution in [1.82, 2.24) is 15.0 Å². The van der Waals surface area contributed by atoms with E-state index in [9.17, 15) is 5.11 Å². The minimum Gasteiger partial charge on any atom is -0.487 e. The highest BCUT2D eigenvalue weighted by molar-refractivity contribution is 5.28. The molecule has 7 heteroatoms. The normalized spacial score (nSPS) is 21.3. The van der Waals surface area contributed by atoms with Crippen LogP contribution in [0.25, 0.3) is 0 Å². The maximum absolute atomic E-state index is 9.65. The van der Waals surface area contributed by atoms with Gasteiger partial charge in [0, 0.05) is 13.0 Å². The van der Waals surface area contributed by atoms with E-state index in [0.717, 1.165) is 11.3 Å². The fraction of sp³-hybridized carbons (Fsp3) is 0.500. The van der Waals surface area contributed by atoms with Gasteiger partial charge in [0.15, 0.2) is 0 Å². The van der Waals surface area contributed by atoms with Crippen molar-refractivity contribution >= 4 is 0 Å². The third-order valence-corrected chi connectivity index (χ3v) is 3.78. The number of rotatable bonds is 6. The van der Waals surface area contributed by atoms with Crippen LogP contribution in [-0.2, 0) is 24.5 Å². The van der Waals surface area contributed by atoms with Crippen molar-refractivity contribution in [2.24, 2.45) is 0 Å². The topological polar surface area (TPSA) is 89.6 Å². The number of hydrogen-bond donors (Lipinski definition) is 2. The largest absolute Gasteiger partial charge is 0.487 e. The molecular weight excluding hydrogens is 298 g/mol. The Kier molecular flexibility index (Phi) is 5.22. The van der Waals surface area contributed by atoms with Gasteiger partial charge in [-0.3, -0.25) is 0 Å². The molecule has 3 rings (SSSR count). The summed E-state index contributed by atoms with van der Waals surface area (Å²) in [5.74, 6) is 0.685. The zero-order valence-corrected chi connectivity index (χ0v) is 12.8. The molecule has 23 heavy (non-hydrogen) atoms. The summed E-state index contributed by atoms with van der Waals surface area (Å²) in [5.41, 5.74) is 1.52. The summed E-state index contributed by atoms with van der Waals surface area (Å²) in [4.78, 5) is 0. The Bertz CT molecular complexity index is 631. The van der Waals surface area contributed by atoms with E-state index in [4.69, 9.17) is 14.6 Å². The molecule has 1 aromatic carbocycles. The van der Waals surface area contributed by atoms with Crippen molar-refractivity contribution < 1.29 is 19.7 Å². The number of aromatic nitrogens is 3. The molecule has 0 spiro atoms. The molecule has 2 N–H and O–H groups in total. The number of aliphatic hydroxyl groups excluding tert-OH is 2. The lowest BCUT2D eigenvalue weighted by Gasteiger charge is -2.26. The van der Waals surface area contributed by atoms with Gasteiger partial charge in [-0.15, -0.1) is 5.10 Å². The first-order valence-corrected chi connectivity index (χ1v) is 7.74. The molecule has 2 aromatic rings. The number of nitrogens with zero attached hydrogens (tertiary/aromatic N) is 3. The van der Waals surface area contributed by atoms with Gasteiger partial charge in [-0.2, -0.15) is 0 Å². The maximum Gasteiger partial charge on any atom is 0.134 e. The van der Waals surface area contributed by atoms with E-state index < -0.39 is 0 Å². The van der Waals surface area contributed by atoms with Crippen molar-refractivity contribution in [3.63, 3.8) is 0 Å². The molecule has 1 aliphatic heterocycles. The van der Waals surface area contributed by atoms with E-state index in [1.165, 1.54) is 0 Å². The molecule has 1 aromatic heterocycles. The SMILES string of the molecule is OCc1cccc(OCc2cn(CC3CC(O)CCO3)nn2)c1. The van der Waals surface area contributed by atoms with Gasteiger partial charge in [0.2, 0.25) is 0 Å². The second kappa shape index (κ2) is 7.54. The van der Waals surface area contributed by atoms with Gasteiger partial charge in [0.25, 0.3) is 0 Å². The lowest BCUT2D eigenvalue weighted by molar-refractivity contribution is -0.0512. The average molecular weight is 319 g/mol. The van der Waals surface area contributed by atoms with Crippen molar-refractivity contribution in [2.45, 2.75) is 44.8 Å². The van der Waals surface area contributed by atoms with E-state index in [1.807, 2.05) is 24.4 Å². The first-order chi connectivity index (χ1) is 11.2. The van der Waals surface area contributed by atoms with Gasteiger partial charge in [0.1, 0.15) is 18.1 Å². The highest BCUT2D eigenvalue weighted by Gasteiger charge is 2.21. The van der Waals surface area contributed by atoms with Crippen LogP contribution in [0.2, 0.25) is 0 Å². The van der Waals surface area contributed by atoms with Crippen molar-refractivity contribution in [3.05, 3.63) is 41.7 Å². The summed E-state index contributed by atoms with van der Waals surface area (Å²) < 4.78 is 13.0.